The van der Waals surface area contributed by atoms with E-state index in [1.54, 1.807) is 32.4 Å². The monoisotopic (exact) mass is 277 g/mol. The Bertz CT molecular complexity index is 477. The Labute approximate surface area is 120 Å². The molecule has 0 radical (unpaired) electrons. The average molecular weight is 277 g/mol. The summed E-state index contributed by atoms with van der Waals surface area (Å²) in [7, 11) is 3.18. The summed E-state index contributed by atoms with van der Waals surface area (Å²) < 4.78 is 10.5. The van der Waals surface area contributed by atoms with Gasteiger partial charge >= 0.3 is 0 Å². The molecule has 1 heterocycles. The van der Waals surface area contributed by atoms with Gasteiger partial charge < -0.3 is 14.4 Å². The molecule has 1 fully saturated rings. The Kier molecular flexibility index (Phi) is 4.53. The zero-order valence-electron chi connectivity index (χ0n) is 12.7. The molecular formula is C16H23NO3. The number of piperidine rings is 1. The standard InChI is InChI=1S/C16H23NO3/c1-11-6-5-7-12(2)17(11)16(18)14-9-8-13(19-3)10-15(14)20-4/h8-12H,5-7H2,1-4H3/t11-,12-/m1/s1. The van der Waals surface area contributed by atoms with E-state index in [2.05, 4.69) is 13.8 Å². The first-order valence-corrected chi connectivity index (χ1v) is 7.13. The number of benzene rings is 1. The van der Waals surface area contributed by atoms with Crippen LogP contribution in [0.3, 0.4) is 0 Å². The Morgan fingerprint density at radius 2 is 1.80 bits per heavy atom. The van der Waals surface area contributed by atoms with Crippen LogP contribution in [0.15, 0.2) is 18.2 Å². The van der Waals surface area contributed by atoms with E-state index >= 15 is 0 Å². The second-order valence-corrected chi connectivity index (χ2v) is 5.41. The molecule has 1 amide bonds. The van der Waals surface area contributed by atoms with E-state index in [1.165, 1.54) is 6.42 Å². The van der Waals surface area contributed by atoms with Gasteiger partial charge in [-0.1, -0.05) is 0 Å². The molecule has 1 aliphatic rings. The van der Waals surface area contributed by atoms with E-state index < -0.39 is 0 Å². The molecule has 1 aromatic carbocycles. The topological polar surface area (TPSA) is 38.8 Å². The van der Waals surface area contributed by atoms with Crippen LogP contribution in [-0.2, 0) is 0 Å². The van der Waals surface area contributed by atoms with Gasteiger partial charge in [0, 0.05) is 18.2 Å². The molecule has 110 valence electrons. The van der Waals surface area contributed by atoms with Gasteiger partial charge in [-0.3, -0.25) is 4.79 Å². The number of ether oxygens (including phenoxy) is 2. The molecule has 2 rings (SSSR count). The lowest BCUT2D eigenvalue weighted by Gasteiger charge is -2.39. The van der Waals surface area contributed by atoms with E-state index in [0.29, 0.717) is 17.1 Å². The highest BCUT2D eigenvalue weighted by Gasteiger charge is 2.31. The highest BCUT2D eigenvalue weighted by Crippen LogP contribution is 2.30. The van der Waals surface area contributed by atoms with Crippen molar-refractivity contribution < 1.29 is 14.3 Å². The van der Waals surface area contributed by atoms with Gasteiger partial charge in [-0.05, 0) is 45.2 Å². The quantitative estimate of drug-likeness (QED) is 0.852. The number of nitrogens with zero attached hydrogens (tertiary/aromatic N) is 1. The minimum Gasteiger partial charge on any atom is -0.497 e. The fourth-order valence-electron chi connectivity index (χ4n) is 2.94. The van der Waals surface area contributed by atoms with Gasteiger partial charge in [0.1, 0.15) is 11.5 Å². The van der Waals surface area contributed by atoms with Gasteiger partial charge in [0.25, 0.3) is 5.91 Å². The van der Waals surface area contributed by atoms with Gasteiger partial charge in [0.15, 0.2) is 0 Å². The first-order valence-electron chi connectivity index (χ1n) is 7.13. The molecule has 4 heteroatoms. The minimum atomic E-state index is 0.0456. The summed E-state index contributed by atoms with van der Waals surface area (Å²) in [5.74, 6) is 1.31. The second kappa shape index (κ2) is 6.16. The normalized spacial score (nSPS) is 22.5. The van der Waals surface area contributed by atoms with Gasteiger partial charge in [-0.15, -0.1) is 0 Å². The summed E-state index contributed by atoms with van der Waals surface area (Å²) in [6.45, 7) is 4.23. The maximum absolute atomic E-state index is 12.8. The SMILES string of the molecule is COc1ccc(C(=O)N2[C@H](C)CCC[C@H]2C)c(OC)c1. The maximum Gasteiger partial charge on any atom is 0.258 e. The number of amides is 1. The predicted octanol–water partition coefficient (Wildman–Crippen LogP) is 3.11. The summed E-state index contributed by atoms with van der Waals surface area (Å²) in [5, 5.41) is 0. The molecule has 4 nitrogen and oxygen atoms in total. The van der Waals surface area contributed by atoms with Crippen molar-refractivity contribution in [3.8, 4) is 11.5 Å². The third-order valence-electron chi connectivity index (χ3n) is 4.07. The number of likely N-dealkylation sites (tertiary alicyclic amines) is 1. The van der Waals surface area contributed by atoms with Crippen molar-refractivity contribution in [1.82, 2.24) is 4.90 Å². The number of methoxy groups -OCH3 is 2. The largest absolute Gasteiger partial charge is 0.497 e. The molecule has 1 aliphatic heterocycles. The number of carbonyl (C=O) groups is 1. The Morgan fingerprint density at radius 3 is 2.35 bits per heavy atom. The average Bonchev–Trinajstić information content (AvgIpc) is 2.46. The molecule has 0 spiro atoms. The van der Waals surface area contributed by atoms with Crippen molar-refractivity contribution >= 4 is 5.91 Å². The maximum atomic E-state index is 12.8. The van der Waals surface area contributed by atoms with E-state index in [4.69, 9.17) is 9.47 Å². The van der Waals surface area contributed by atoms with Crippen LogP contribution in [0, 0.1) is 0 Å². The summed E-state index contributed by atoms with van der Waals surface area (Å²) in [6, 6.07) is 5.89. The van der Waals surface area contributed by atoms with E-state index in [1.807, 2.05) is 4.90 Å². The van der Waals surface area contributed by atoms with Crippen molar-refractivity contribution in [3.05, 3.63) is 23.8 Å². The lowest BCUT2D eigenvalue weighted by Crippen LogP contribution is -2.47. The molecular weight excluding hydrogens is 254 g/mol. The molecule has 0 unspecified atom stereocenters. The van der Waals surface area contributed by atoms with E-state index in [0.717, 1.165) is 12.8 Å². The van der Waals surface area contributed by atoms with Crippen molar-refractivity contribution in [2.75, 3.05) is 14.2 Å². The van der Waals surface area contributed by atoms with Gasteiger partial charge in [-0.25, -0.2) is 0 Å². The van der Waals surface area contributed by atoms with Gasteiger partial charge in [0.2, 0.25) is 0 Å². The van der Waals surface area contributed by atoms with Crippen molar-refractivity contribution in [2.24, 2.45) is 0 Å². The van der Waals surface area contributed by atoms with E-state index in [9.17, 15) is 4.79 Å². The number of carbonyl (C=O) groups excluding carboxylic acids is 1. The fourth-order valence-corrected chi connectivity index (χ4v) is 2.94. The zero-order valence-corrected chi connectivity index (χ0v) is 12.7. The first-order chi connectivity index (χ1) is 9.58. The minimum absolute atomic E-state index is 0.0456. The Hall–Kier alpha value is -1.71. The fraction of sp³-hybridized carbons (Fsp3) is 0.562. The molecule has 0 bridgehead atoms. The predicted molar refractivity (Wildman–Crippen MR) is 78.5 cm³/mol. The molecule has 20 heavy (non-hydrogen) atoms. The zero-order chi connectivity index (χ0) is 14.7. The van der Waals surface area contributed by atoms with Gasteiger partial charge in [-0.2, -0.15) is 0 Å². The Balaban J connectivity index is 2.32. The highest BCUT2D eigenvalue weighted by molar-refractivity contribution is 5.97. The van der Waals surface area contributed by atoms with Crippen LogP contribution >= 0.6 is 0 Å². The summed E-state index contributed by atoms with van der Waals surface area (Å²) in [6.07, 6.45) is 3.31. The molecule has 0 N–H and O–H groups in total. The van der Waals surface area contributed by atoms with Crippen LogP contribution in [0.4, 0.5) is 0 Å². The van der Waals surface area contributed by atoms with Crippen LogP contribution in [0.25, 0.3) is 0 Å². The lowest BCUT2D eigenvalue weighted by molar-refractivity contribution is 0.0507. The summed E-state index contributed by atoms with van der Waals surface area (Å²) >= 11 is 0. The van der Waals surface area contributed by atoms with Crippen molar-refractivity contribution in [2.45, 2.75) is 45.2 Å². The third-order valence-corrected chi connectivity index (χ3v) is 4.07. The van der Waals surface area contributed by atoms with Crippen LogP contribution < -0.4 is 9.47 Å². The van der Waals surface area contributed by atoms with Crippen LogP contribution in [0.5, 0.6) is 11.5 Å². The first kappa shape index (κ1) is 14.7. The smallest absolute Gasteiger partial charge is 0.258 e. The van der Waals surface area contributed by atoms with Crippen LogP contribution in [0.2, 0.25) is 0 Å². The van der Waals surface area contributed by atoms with Gasteiger partial charge in [0.05, 0.1) is 19.8 Å². The summed E-state index contributed by atoms with van der Waals surface area (Å²) in [4.78, 5) is 14.8. The van der Waals surface area contributed by atoms with Crippen LogP contribution in [-0.4, -0.2) is 37.1 Å². The Morgan fingerprint density at radius 1 is 1.15 bits per heavy atom. The molecule has 0 aromatic heterocycles. The lowest BCUT2D eigenvalue weighted by atomic mass is 9.96. The number of hydrogen-bond acceptors (Lipinski definition) is 3. The van der Waals surface area contributed by atoms with E-state index in [-0.39, 0.29) is 18.0 Å². The molecule has 1 saturated heterocycles. The van der Waals surface area contributed by atoms with Crippen molar-refractivity contribution in [1.29, 1.82) is 0 Å². The highest BCUT2D eigenvalue weighted by atomic mass is 16.5. The molecule has 0 aliphatic carbocycles. The molecule has 0 saturated carbocycles. The number of rotatable bonds is 3. The molecule has 1 aromatic rings. The summed E-state index contributed by atoms with van der Waals surface area (Å²) in [5.41, 5.74) is 0.605. The van der Waals surface area contributed by atoms with Crippen LogP contribution in [0.1, 0.15) is 43.5 Å². The molecule has 2 atom stereocenters. The number of hydrogen-bond donors (Lipinski definition) is 0. The van der Waals surface area contributed by atoms with Crippen molar-refractivity contribution in [3.63, 3.8) is 0 Å². The third kappa shape index (κ3) is 2.74. The second-order valence-electron chi connectivity index (χ2n) is 5.41.